The van der Waals surface area contributed by atoms with Gasteiger partial charge in [0.15, 0.2) is 0 Å². The number of benzene rings is 1. The third-order valence-electron chi connectivity index (χ3n) is 4.55. The summed E-state index contributed by atoms with van der Waals surface area (Å²) >= 11 is 0. The van der Waals surface area contributed by atoms with Gasteiger partial charge in [-0.2, -0.15) is 0 Å². The molecule has 0 bridgehead atoms. The van der Waals surface area contributed by atoms with Crippen LogP contribution in [0.5, 0.6) is 0 Å². The van der Waals surface area contributed by atoms with Gasteiger partial charge in [-0.25, -0.2) is 17.9 Å². The smallest absolute Gasteiger partial charge is 0.336 e. The first-order chi connectivity index (χ1) is 11.5. The molecule has 25 heavy (non-hydrogen) atoms. The molecule has 3 rings (SSSR count). The van der Waals surface area contributed by atoms with E-state index in [1.54, 1.807) is 6.07 Å². The average Bonchev–Trinajstić information content (AvgIpc) is 2.42. The minimum Gasteiger partial charge on any atom is -0.423 e. The molecule has 7 heteroatoms. The van der Waals surface area contributed by atoms with Crippen LogP contribution < -0.4 is 15.7 Å². The predicted molar refractivity (Wildman–Crippen MR) is 95.9 cm³/mol. The lowest BCUT2D eigenvalue weighted by atomic mass is 9.80. The van der Waals surface area contributed by atoms with E-state index in [0.29, 0.717) is 11.0 Å². The minimum absolute atomic E-state index is 0.0261. The van der Waals surface area contributed by atoms with Gasteiger partial charge >= 0.3 is 5.63 Å². The van der Waals surface area contributed by atoms with Crippen molar-refractivity contribution in [2.45, 2.75) is 62.6 Å². The van der Waals surface area contributed by atoms with E-state index in [0.717, 1.165) is 12.8 Å². The zero-order chi connectivity index (χ0) is 18.5. The molecule has 0 amide bonds. The summed E-state index contributed by atoms with van der Waals surface area (Å²) in [7, 11) is -3.65. The molecule has 136 valence electrons. The first-order valence-corrected chi connectivity index (χ1v) is 9.88. The monoisotopic (exact) mass is 365 g/mol. The van der Waals surface area contributed by atoms with Gasteiger partial charge in [0.1, 0.15) is 5.58 Å². The summed E-state index contributed by atoms with van der Waals surface area (Å²) in [6.07, 6.45) is 1.52. The normalized spacial score (nSPS) is 20.6. The highest BCUT2D eigenvalue weighted by Crippen LogP contribution is 2.24. The van der Waals surface area contributed by atoms with Crippen LogP contribution in [0.1, 0.15) is 40.5 Å². The predicted octanol–water partition coefficient (Wildman–Crippen LogP) is 1.35. The Morgan fingerprint density at radius 2 is 1.72 bits per heavy atom. The lowest BCUT2D eigenvalue weighted by Crippen LogP contribution is -3.06. The van der Waals surface area contributed by atoms with E-state index in [-0.39, 0.29) is 22.0 Å². The van der Waals surface area contributed by atoms with Crippen molar-refractivity contribution in [2.24, 2.45) is 0 Å². The standard InChI is InChI=1S/C18H24N2O4S/c1-17(2)10-13(11-18(3,4)20-17)19-25(22,23)14-6-7-15-12(9-14)5-8-16(21)24-15/h5-9,13,19-20H,10-11H2,1-4H3/p+1. The summed E-state index contributed by atoms with van der Waals surface area (Å²) in [5, 5.41) is 2.89. The SMILES string of the molecule is CC1(C)CC(NS(=O)(=O)c2ccc3oc(=O)ccc3c2)CC(C)(C)[NH2+]1. The maximum Gasteiger partial charge on any atom is 0.336 e. The van der Waals surface area contributed by atoms with Crippen LogP contribution in [-0.4, -0.2) is 25.5 Å². The van der Waals surface area contributed by atoms with Gasteiger partial charge < -0.3 is 9.73 Å². The molecule has 0 spiro atoms. The fourth-order valence-corrected chi connectivity index (χ4v) is 5.38. The minimum atomic E-state index is -3.65. The van der Waals surface area contributed by atoms with Gasteiger partial charge in [-0.3, -0.25) is 0 Å². The highest BCUT2D eigenvalue weighted by atomic mass is 32.2. The lowest BCUT2D eigenvalue weighted by molar-refractivity contribution is -0.787. The number of hydrogen-bond donors (Lipinski definition) is 2. The molecule has 2 heterocycles. The number of quaternary nitrogens is 1. The third-order valence-corrected chi connectivity index (χ3v) is 6.07. The molecule has 0 radical (unpaired) electrons. The van der Waals surface area contributed by atoms with Gasteiger partial charge in [-0.1, -0.05) is 0 Å². The number of rotatable bonds is 3. The maximum absolute atomic E-state index is 12.8. The number of nitrogens with two attached hydrogens (primary N) is 1. The Bertz CT molecular complexity index is 944. The fourth-order valence-electron chi connectivity index (χ4n) is 4.11. The molecule has 1 aliphatic rings. The molecule has 1 saturated heterocycles. The molecule has 3 N–H and O–H groups in total. The van der Waals surface area contributed by atoms with Gasteiger partial charge in [-0.05, 0) is 52.0 Å². The van der Waals surface area contributed by atoms with Crippen molar-refractivity contribution in [3.63, 3.8) is 0 Å². The Hall–Kier alpha value is -1.70. The van der Waals surface area contributed by atoms with Crippen molar-refractivity contribution >= 4 is 21.0 Å². The van der Waals surface area contributed by atoms with Crippen molar-refractivity contribution in [1.29, 1.82) is 0 Å². The summed E-state index contributed by atoms with van der Waals surface area (Å²) in [6.45, 7) is 8.53. The second-order valence-electron chi connectivity index (χ2n) is 8.30. The van der Waals surface area contributed by atoms with Gasteiger partial charge in [0.2, 0.25) is 10.0 Å². The first kappa shape index (κ1) is 18.1. The van der Waals surface area contributed by atoms with Gasteiger partial charge in [0.05, 0.1) is 16.0 Å². The Balaban J connectivity index is 1.89. The summed E-state index contributed by atoms with van der Waals surface area (Å²) in [5.74, 6) is 0. The summed E-state index contributed by atoms with van der Waals surface area (Å²) in [5.41, 5.74) is -0.131. The molecule has 6 nitrogen and oxygen atoms in total. The zero-order valence-corrected chi connectivity index (χ0v) is 15.8. The summed E-state index contributed by atoms with van der Waals surface area (Å²) in [6, 6.07) is 7.26. The van der Waals surface area contributed by atoms with E-state index in [1.165, 1.54) is 24.3 Å². The molecular weight excluding hydrogens is 340 g/mol. The Morgan fingerprint density at radius 1 is 1.08 bits per heavy atom. The topological polar surface area (TPSA) is 93.0 Å². The van der Waals surface area contributed by atoms with Crippen molar-refractivity contribution in [3.05, 3.63) is 40.8 Å². The third kappa shape index (κ3) is 4.11. The molecule has 0 saturated carbocycles. The molecule has 0 aliphatic carbocycles. The number of fused-ring (bicyclic) bond motifs is 1. The molecular formula is C18H25N2O4S+. The van der Waals surface area contributed by atoms with E-state index >= 15 is 0 Å². The van der Waals surface area contributed by atoms with Crippen LogP contribution in [0.3, 0.4) is 0 Å². The quantitative estimate of drug-likeness (QED) is 0.803. The van der Waals surface area contributed by atoms with Gasteiger partial charge in [0.25, 0.3) is 0 Å². The molecule has 0 unspecified atom stereocenters. The van der Waals surface area contributed by atoms with Crippen molar-refractivity contribution in [2.75, 3.05) is 0 Å². The Labute approximate surface area is 147 Å². The van der Waals surface area contributed by atoms with Crippen LogP contribution in [0.25, 0.3) is 11.0 Å². The van der Waals surface area contributed by atoms with Crippen LogP contribution in [0.4, 0.5) is 0 Å². The van der Waals surface area contributed by atoms with E-state index in [4.69, 9.17) is 4.42 Å². The lowest BCUT2D eigenvalue weighted by Gasteiger charge is -2.43. The molecule has 0 atom stereocenters. The fraction of sp³-hybridized carbons (Fsp3) is 0.500. The Morgan fingerprint density at radius 3 is 2.36 bits per heavy atom. The van der Waals surface area contributed by atoms with Crippen LogP contribution in [0, 0.1) is 0 Å². The van der Waals surface area contributed by atoms with E-state index < -0.39 is 15.6 Å². The Kier molecular flexibility index (Phi) is 4.29. The van der Waals surface area contributed by atoms with E-state index in [9.17, 15) is 13.2 Å². The van der Waals surface area contributed by atoms with Crippen molar-refractivity contribution < 1.29 is 18.2 Å². The van der Waals surface area contributed by atoms with Crippen LogP contribution in [-0.2, 0) is 10.0 Å². The maximum atomic E-state index is 12.8. The molecule has 1 aromatic carbocycles. The highest BCUT2D eigenvalue weighted by Gasteiger charge is 2.42. The van der Waals surface area contributed by atoms with Gasteiger partial charge in [0, 0.05) is 30.3 Å². The molecule has 2 aromatic rings. The molecule has 1 aromatic heterocycles. The zero-order valence-electron chi connectivity index (χ0n) is 15.0. The van der Waals surface area contributed by atoms with Gasteiger partial charge in [-0.15, -0.1) is 0 Å². The summed E-state index contributed by atoms with van der Waals surface area (Å²) < 4.78 is 33.6. The number of piperidine rings is 1. The number of nitrogens with one attached hydrogen (secondary N) is 1. The van der Waals surface area contributed by atoms with Crippen LogP contribution >= 0.6 is 0 Å². The average molecular weight is 365 g/mol. The van der Waals surface area contributed by atoms with Crippen molar-refractivity contribution in [1.82, 2.24) is 4.72 Å². The first-order valence-electron chi connectivity index (χ1n) is 8.39. The second-order valence-corrected chi connectivity index (χ2v) is 10.0. The van der Waals surface area contributed by atoms with Crippen LogP contribution in [0.2, 0.25) is 0 Å². The molecule has 1 fully saturated rings. The largest absolute Gasteiger partial charge is 0.423 e. The number of hydrogen-bond acceptors (Lipinski definition) is 4. The molecule has 1 aliphatic heterocycles. The van der Waals surface area contributed by atoms with E-state index in [1.807, 2.05) is 0 Å². The van der Waals surface area contributed by atoms with E-state index in [2.05, 4.69) is 37.7 Å². The summed E-state index contributed by atoms with van der Waals surface area (Å²) in [4.78, 5) is 11.4. The van der Waals surface area contributed by atoms with Crippen molar-refractivity contribution in [3.8, 4) is 0 Å². The highest BCUT2D eigenvalue weighted by molar-refractivity contribution is 7.89. The number of sulfonamides is 1. The second kappa shape index (κ2) is 5.93. The van der Waals surface area contributed by atoms with Crippen LogP contribution in [0.15, 0.2) is 44.4 Å².